The highest BCUT2D eigenvalue weighted by molar-refractivity contribution is 7.80. The summed E-state index contributed by atoms with van der Waals surface area (Å²) in [7, 11) is 4.04. The van der Waals surface area contributed by atoms with Crippen LogP contribution in [0.3, 0.4) is 0 Å². The first-order chi connectivity index (χ1) is 9.90. The number of anilines is 3. The predicted molar refractivity (Wildman–Crippen MR) is 96.1 cm³/mol. The van der Waals surface area contributed by atoms with E-state index in [-0.39, 0.29) is 4.99 Å². The maximum Gasteiger partial charge on any atom is 0.107 e. The van der Waals surface area contributed by atoms with Crippen molar-refractivity contribution in [3.05, 3.63) is 52.5 Å². The lowest BCUT2D eigenvalue weighted by atomic mass is 10.1. The van der Waals surface area contributed by atoms with Crippen molar-refractivity contribution in [2.75, 3.05) is 24.3 Å². The van der Waals surface area contributed by atoms with E-state index < -0.39 is 0 Å². The summed E-state index contributed by atoms with van der Waals surface area (Å²) >= 11 is 11.3. The minimum atomic E-state index is 0.281. The summed E-state index contributed by atoms with van der Waals surface area (Å²) in [6.07, 6.45) is 0. The molecule has 0 bridgehead atoms. The van der Waals surface area contributed by atoms with Gasteiger partial charge in [0.05, 0.1) is 16.3 Å². The Kier molecular flexibility index (Phi) is 4.70. The molecule has 21 heavy (non-hydrogen) atoms. The van der Waals surface area contributed by atoms with Crippen LogP contribution in [-0.2, 0) is 0 Å². The molecule has 0 aliphatic rings. The average molecular weight is 320 g/mol. The number of nitrogens with two attached hydrogens (primary N) is 1. The molecule has 0 aromatic heterocycles. The zero-order valence-electron chi connectivity index (χ0n) is 12.3. The van der Waals surface area contributed by atoms with Crippen LogP contribution in [0.2, 0.25) is 5.02 Å². The molecule has 110 valence electrons. The zero-order chi connectivity index (χ0) is 15.6. The molecule has 3 N–H and O–H groups in total. The number of hydrogen-bond donors (Lipinski definition) is 2. The van der Waals surface area contributed by atoms with Crippen molar-refractivity contribution in [1.82, 2.24) is 0 Å². The number of hydrogen-bond acceptors (Lipinski definition) is 3. The maximum absolute atomic E-state index is 6.18. The first-order valence-electron chi connectivity index (χ1n) is 6.53. The molecule has 0 saturated heterocycles. The van der Waals surface area contributed by atoms with Gasteiger partial charge in [0.1, 0.15) is 4.99 Å². The predicted octanol–water partition coefficient (Wildman–Crippen LogP) is 4.09. The third kappa shape index (κ3) is 3.46. The van der Waals surface area contributed by atoms with E-state index in [1.54, 1.807) is 6.07 Å². The van der Waals surface area contributed by atoms with Crippen LogP contribution in [0.15, 0.2) is 36.4 Å². The molecule has 0 atom stereocenters. The second-order valence-corrected chi connectivity index (χ2v) is 5.89. The highest BCUT2D eigenvalue weighted by Crippen LogP contribution is 2.29. The second kappa shape index (κ2) is 6.33. The second-order valence-electron chi connectivity index (χ2n) is 5.05. The molecule has 0 amide bonds. The smallest absolute Gasteiger partial charge is 0.107 e. The number of nitrogens with one attached hydrogen (secondary N) is 1. The van der Waals surface area contributed by atoms with Crippen molar-refractivity contribution < 1.29 is 0 Å². The fourth-order valence-corrected chi connectivity index (χ4v) is 2.76. The molecule has 0 saturated carbocycles. The monoisotopic (exact) mass is 319 g/mol. The van der Waals surface area contributed by atoms with Gasteiger partial charge in [-0.25, -0.2) is 0 Å². The Hall–Kier alpha value is -1.78. The number of rotatable bonds is 4. The van der Waals surface area contributed by atoms with Crippen LogP contribution < -0.4 is 16.0 Å². The van der Waals surface area contributed by atoms with Crippen molar-refractivity contribution in [2.24, 2.45) is 5.73 Å². The Morgan fingerprint density at radius 2 is 1.95 bits per heavy atom. The molecule has 0 aliphatic heterocycles. The molecule has 2 aromatic rings. The molecule has 0 heterocycles. The van der Waals surface area contributed by atoms with Crippen LogP contribution in [0.1, 0.15) is 11.1 Å². The fraction of sp³-hybridized carbons (Fsp3) is 0.188. The molecule has 2 aromatic carbocycles. The van der Waals surface area contributed by atoms with Crippen LogP contribution in [0, 0.1) is 6.92 Å². The molecule has 2 rings (SSSR count). The summed E-state index contributed by atoms with van der Waals surface area (Å²) in [5.74, 6) is 0. The lowest BCUT2D eigenvalue weighted by molar-refractivity contribution is 1.11. The Morgan fingerprint density at radius 3 is 2.57 bits per heavy atom. The maximum atomic E-state index is 6.18. The number of aryl methyl sites for hydroxylation is 1. The third-order valence-electron chi connectivity index (χ3n) is 3.23. The fourth-order valence-electron chi connectivity index (χ4n) is 2.20. The number of nitrogens with zero attached hydrogens (tertiary/aromatic N) is 1. The topological polar surface area (TPSA) is 41.3 Å². The van der Waals surface area contributed by atoms with Gasteiger partial charge in [0.2, 0.25) is 0 Å². The lowest BCUT2D eigenvalue weighted by Gasteiger charge is -2.18. The van der Waals surface area contributed by atoms with E-state index in [0.29, 0.717) is 10.6 Å². The number of benzene rings is 2. The largest absolute Gasteiger partial charge is 0.389 e. The SMILES string of the molecule is Cc1ccc(Nc2cccc(Cl)c2C(N)=S)cc1N(C)C. The van der Waals surface area contributed by atoms with Crippen LogP contribution in [0.5, 0.6) is 0 Å². The number of halogens is 1. The molecule has 0 radical (unpaired) electrons. The third-order valence-corrected chi connectivity index (χ3v) is 3.75. The van der Waals surface area contributed by atoms with Gasteiger partial charge in [0, 0.05) is 25.5 Å². The molecule has 0 aliphatic carbocycles. The Labute approximate surface area is 135 Å². The van der Waals surface area contributed by atoms with E-state index in [1.165, 1.54) is 5.56 Å². The summed E-state index contributed by atoms with van der Waals surface area (Å²) in [5, 5.41) is 3.89. The highest BCUT2D eigenvalue weighted by atomic mass is 35.5. The molecule has 0 spiro atoms. The summed E-state index contributed by atoms with van der Waals surface area (Å²) in [4.78, 5) is 2.36. The molecule has 3 nitrogen and oxygen atoms in total. The van der Waals surface area contributed by atoms with Crippen molar-refractivity contribution >= 4 is 45.9 Å². The minimum absolute atomic E-state index is 0.281. The number of thiocarbonyl (C=S) groups is 1. The van der Waals surface area contributed by atoms with Gasteiger partial charge in [-0.05, 0) is 36.8 Å². The van der Waals surface area contributed by atoms with E-state index in [0.717, 1.165) is 17.1 Å². The zero-order valence-corrected chi connectivity index (χ0v) is 13.8. The average Bonchev–Trinajstić information content (AvgIpc) is 2.40. The van der Waals surface area contributed by atoms with Gasteiger partial charge >= 0.3 is 0 Å². The van der Waals surface area contributed by atoms with Crippen LogP contribution in [0.25, 0.3) is 0 Å². The first-order valence-corrected chi connectivity index (χ1v) is 7.32. The van der Waals surface area contributed by atoms with Crippen molar-refractivity contribution in [3.63, 3.8) is 0 Å². The van der Waals surface area contributed by atoms with Gasteiger partial charge in [0.15, 0.2) is 0 Å². The van der Waals surface area contributed by atoms with E-state index in [4.69, 9.17) is 29.6 Å². The summed E-state index contributed by atoms with van der Waals surface area (Å²) in [5.41, 5.74) is 10.6. The quantitative estimate of drug-likeness (QED) is 0.833. The van der Waals surface area contributed by atoms with Gasteiger partial charge in [-0.15, -0.1) is 0 Å². The van der Waals surface area contributed by atoms with Crippen LogP contribution in [0.4, 0.5) is 17.1 Å². The Balaban J connectivity index is 2.42. The van der Waals surface area contributed by atoms with E-state index in [2.05, 4.69) is 29.3 Å². The van der Waals surface area contributed by atoms with Gasteiger partial charge in [-0.3, -0.25) is 0 Å². The summed E-state index contributed by atoms with van der Waals surface area (Å²) in [6.45, 7) is 2.08. The molecule has 0 unspecified atom stereocenters. The summed E-state index contributed by atoms with van der Waals surface area (Å²) < 4.78 is 0. The van der Waals surface area contributed by atoms with Gasteiger partial charge in [-0.2, -0.15) is 0 Å². The minimum Gasteiger partial charge on any atom is -0.389 e. The van der Waals surface area contributed by atoms with Crippen molar-refractivity contribution in [3.8, 4) is 0 Å². The van der Waals surface area contributed by atoms with Gasteiger partial charge in [-0.1, -0.05) is 36.0 Å². The van der Waals surface area contributed by atoms with E-state index in [9.17, 15) is 0 Å². The lowest BCUT2D eigenvalue weighted by Crippen LogP contribution is -2.13. The van der Waals surface area contributed by atoms with Gasteiger partial charge in [0.25, 0.3) is 0 Å². The van der Waals surface area contributed by atoms with E-state index in [1.807, 2.05) is 32.3 Å². The summed E-state index contributed by atoms with van der Waals surface area (Å²) in [6, 6.07) is 11.7. The Bertz CT molecular complexity index is 683. The molecule has 5 heteroatoms. The normalized spacial score (nSPS) is 10.3. The van der Waals surface area contributed by atoms with Crippen molar-refractivity contribution in [2.45, 2.75) is 6.92 Å². The molecular formula is C16H18ClN3S. The standard InChI is InChI=1S/C16H18ClN3S/c1-10-7-8-11(9-14(10)20(2)3)19-13-6-4-5-12(17)15(13)16(18)21/h4-9,19H,1-3H3,(H2,18,21). The highest BCUT2D eigenvalue weighted by Gasteiger charge is 2.10. The van der Waals surface area contributed by atoms with Crippen LogP contribution >= 0.6 is 23.8 Å². The van der Waals surface area contributed by atoms with Gasteiger partial charge < -0.3 is 16.0 Å². The van der Waals surface area contributed by atoms with Crippen molar-refractivity contribution in [1.29, 1.82) is 0 Å². The first kappa shape index (κ1) is 15.6. The molecular weight excluding hydrogens is 302 g/mol. The van der Waals surface area contributed by atoms with Crippen LogP contribution in [-0.4, -0.2) is 19.1 Å². The van der Waals surface area contributed by atoms with E-state index >= 15 is 0 Å². The Morgan fingerprint density at radius 1 is 1.24 bits per heavy atom. The molecule has 0 fully saturated rings.